The van der Waals surface area contributed by atoms with Crippen molar-refractivity contribution in [3.8, 4) is 17.2 Å². The third-order valence-electron chi connectivity index (χ3n) is 3.31. The van der Waals surface area contributed by atoms with Gasteiger partial charge in [-0.25, -0.2) is 0 Å². The zero-order valence-corrected chi connectivity index (χ0v) is 13.1. The Morgan fingerprint density at radius 3 is 2.38 bits per heavy atom. The Balaban J connectivity index is 2.13. The zero-order chi connectivity index (χ0) is 15.2. The first-order chi connectivity index (χ1) is 10.1. The van der Waals surface area contributed by atoms with Crippen LogP contribution in [0.1, 0.15) is 25.0 Å². The molecule has 112 valence electrons. The minimum atomic E-state index is 0.480. The molecular formula is C18H23NO2. The Hall–Kier alpha value is -2.00. The molecule has 3 nitrogen and oxygen atoms in total. The maximum Gasteiger partial charge on any atom is 0.169 e. The van der Waals surface area contributed by atoms with E-state index in [1.54, 1.807) is 7.11 Å². The van der Waals surface area contributed by atoms with E-state index in [0.717, 1.165) is 23.8 Å². The molecule has 1 N–H and O–H groups in total. The van der Waals surface area contributed by atoms with Gasteiger partial charge in [0.25, 0.3) is 0 Å². The second-order valence-electron chi connectivity index (χ2n) is 5.38. The van der Waals surface area contributed by atoms with Gasteiger partial charge in [0.15, 0.2) is 11.5 Å². The summed E-state index contributed by atoms with van der Waals surface area (Å²) < 4.78 is 11.2. The van der Waals surface area contributed by atoms with Gasteiger partial charge in [0.2, 0.25) is 0 Å². The minimum Gasteiger partial charge on any atom is -0.493 e. The van der Waals surface area contributed by atoms with Crippen LogP contribution < -0.4 is 14.8 Å². The molecule has 3 heteroatoms. The molecule has 0 spiro atoms. The van der Waals surface area contributed by atoms with Crippen LogP contribution in [-0.2, 0) is 6.54 Å². The average molecular weight is 285 g/mol. The molecule has 2 rings (SSSR count). The highest BCUT2D eigenvalue weighted by molar-refractivity contribution is 5.44. The van der Waals surface area contributed by atoms with Gasteiger partial charge >= 0.3 is 0 Å². The molecule has 0 aromatic heterocycles. The van der Waals surface area contributed by atoms with Gasteiger partial charge in [-0.1, -0.05) is 32.0 Å². The minimum absolute atomic E-state index is 0.480. The molecule has 0 amide bonds. The van der Waals surface area contributed by atoms with Crippen LogP contribution in [0, 0.1) is 6.92 Å². The van der Waals surface area contributed by atoms with Crippen LogP contribution in [-0.4, -0.2) is 13.2 Å². The van der Waals surface area contributed by atoms with Crippen molar-refractivity contribution in [1.29, 1.82) is 0 Å². The van der Waals surface area contributed by atoms with Gasteiger partial charge in [0, 0.05) is 12.6 Å². The van der Waals surface area contributed by atoms with Crippen molar-refractivity contribution in [3.05, 3.63) is 53.6 Å². The highest BCUT2D eigenvalue weighted by atomic mass is 16.5. The van der Waals surface area contributed by atoms with Gasteiger partial charge in [-0.15, -0.1) is 0 Å². The zero-order valence-electron chi connectivity index (χ0n) is 13.1. The van der Waals surface area contributed by atoms with E-state index in [2.05, 4.69) is 38.2 Å². The monoisotopic (exact) mass is 285 g/mol. The van der Waals surface area contributed by atoms with E-state index in [1.165, 1.54) is 11.1 Å². The molecule has 0 aliphatic heterocycles. The Kier molecular flexibility index (Phi) is 5.23. The molecule has 0 heterocycles. The predicted octanol–water partition coefficient (Wildman–Crippen LogP) is 4.29. The first-order valence-corrected chi connectivity index (χ1v) is 7.24. The van der Waals surface area contributed by atoms with Gasteiger partial charge < -0.3 is 14.8 Å². The van der Waals surface area contributed by atoms with E-state index < -0.39 is 0 Å². The first-order valence-electron chi connectivity index (χ1n) is 7.24. The molecule has 0 bridgehead atoms. The molecule has 0 radical (unpaired) electrons. The Bertz CT molecular complexity index is 594. The lowest BCUT2D eigenvalue weighted by atomic mass is 10.1. The van der Waals surface area contributed by atoms with Gasteiger partial charge in [-0.2, -0.15) is 0 Å². The van der Waals surface area contributed by atoms with E-state index in [4.69, 9.17) is 9.47 Å². The van der Waals surface area contributed by atoms with E-state index in [1.807, 2.05) is 30.3 Å². The number of para-hydroxylation sites is 2. The second-order valence-corrected chi connectivity index (χ2v) is 5.38. The highest BCUT2D eigenvalue weighted by Gasteiger charge is 2.06. The van der Waals surface area contributed by atoms with Crippen molar-refractivity contribution in [2.45, 2.75) is 33.4 Å². The molecule has 0 atom stereocenters. The topological polar surface area (TPSA) is 30.5 Å². The first kappa shape index (κ1) is 15.4. The molecule has 0 unspecified atom stereocenters. The molecule has 0 saturated heterocycles. The Morgan fingerprint density at radius 2 is 1.76 bits per heavy atom. The molecule has 2 aromatic carbocycles. The van der Waals surface area contributed by atoms with Crippen LogP contribution in [0.4, 0.5) is 0 Å². The van der Waals surface area contributed by atoms with Gasteiger partial charge in [-0.3, -0.25) is 0 Å². The van der Waals surface area contributed by atoms with Gasteiger partial charge in [-0.05, 0) is 42.3 Å². The number of methoxy groups -OCH3 is 1. The largest absolute Gasteiger partial charge is 0.493 e. The lowest BCUT2D eigenvalue weighted by Crippen LogP contribution is -2.22. The van der Waals surface area contributed by atoms with Crippen molar-refractivity contribution in [2.75, 3.05) is 7.11 Å². The summed E-state index contributed by atoms with van der Waals surface area (Å²) in [6, 6.07) is 14.3. The second kappa shape index (κ2) is 7.14. The van der Waals surface area contributed by atoms with E-state index in [-0.39, 0.29) is 0 Å². The van der Waals surface area contributed by atoms with Crippen LogP contribution >= 0.6 is 0 Å². The van der Waals surface area contributed by atoms with Crippen LogP contribution in [0.5, 0.6) is 17.2 Å². The number of hydrogen-bond acceptors (Lipinski definition) is 3. The summed E-state index contributed by atoms with van der Waals surface area (Å²) in [5.41, 5.74) is 2.51. The van der Waals surface area contributed by atoms with Crippen LogP contribution in [0.2, 0.25) is 0 Å². The summed E-state index contributed by atoms with van der Waals surface area (Å²) >= 11 is 0. The number of ether oxygens (including phenoxy) is 2. The van der Waals surface area contributed by atoms with Crippen molar-refractivity contribution in [2.24, 2.45) is 0 Å². The van der Waals surface area contributed by atoms with Crippen molar-refractivity contribution in [3.63, 3.8) is 0 Å². The summed E-state index contributed by atoms with van der Waals surface area (Å²) in [6.07, 6.45) is 0. The predicted molar refractivity (Wildman–Crippen MR) is 86.2 cm³/mol. The number of rotatable bonds is 6. The molecule has 21 heavy (non-hydrogen) atoms. The molecular weight excluding hydrogens is 262 g/mol. The van der Waals surface area contributed by atoms with E-state index in [9.17, 15) is 0 Å². The lowest BCUT2D eigenvalue weighted by molar-refractivity contribution is 0.378. The van der Waals surface area contributed by atoms with Gasteiger partial charge in [0.05, 0.1) is 7.11 Å². The summed E-state index contributed by atoms with van der Waals surface area (Å²) in [5, 5.41) is 3.43. The fraction of sp³-hybridized carbons (Fsp3) is 0.333. The van der Waals surface area contributed by atoms with Crippen LogP contribution in [0.3, 0.4) is 0 Å². The fourth-order valence-corrected chi connectivity index (χ4v) is 2.07. The quantitative estimate of drug-likeness (QED) is 0.858. The van der Waals surface area contributed by atoms with Gasteiger partial charge in [0.1, 0.15) is 5.75 Å². The Morgan fingerprint density at radius 1 is 1.05 bits per heavy atom. The standard InChI is InChI=1S/C18H23NO2/c1-13(2)19-12-15-9-10-16(11-14(15)3)21-18-8-6-5-7-17(18)20-4/h5-11,13,19H,12H2,1-4H3. The van der Waals surface area contributed by atoms with Crippen molar-refractivity contribution in [1.82, 2.24) is 5.32 Å². The number of nitrogens with one attached hydrogen (secondary N) is 1. The Labute approximate surface area is 126 Å². The van der Waals surface area contributed by atoms with Crippen molar-refractivity contribution < 1.29 is 9.47 Å². The third-order valence-corrected chi connectivity index (χ3v) is 3.31. The number of hydrogen-bond donors (Lipinski definition) is 1. The molecule has 0 saturated carbocycles. The maximum absolute atomic E-state index is 5.92. The summed E-state index contributed by atoms with van der Waals surface area (Å²) in [4.78, 5) is 0. The fourth-order valence-electron chi connectivity index (χ4n) is 2.07. The molecule has 0 fully saturated rings. The molecule has 2 aromatic rings. The summed E-state index contributed by atoms with van der Waals surface area (Å²) in [5.74, 6) is 2.29. The third kappa shape index (κ3) is 4.23. The molecule has 0 aliphatic rings. The SMILES string of the molecule is COc1ccccc1Oc1ccc(CNC(C)C)c(C)c1. The lowest BCUT2D eigenvalue weighted by Gasteiger charge is -2.13. The normalized spacial score (nSPS) is 10.7. The number of benzene rings is 2. The summed E-state index contributed by atoms with van der Waals surface area (Å²) in [6.45, 7) is 7.27. The van der Waals surface area contributed by atoms with Crippen molar-refractivity contribution >= 4 is 0 Å². The number of aryl methyl sites for hydroxylation is 1. The smallest absolute Gasteiger partial charge is 0.169 e. The van der Waals surface area contributed by atoms with E-state index >= 15 is 0 Å². The average Bonchev–Trinajstić information content (AvgIpc) is 2.47. The maximum atomic E-state index is 5.92. The highest BCUT2D eigenvalue weighted by Crippen LogP contribution is 2.31. The van der Waals surface area contributed by atoms with E-state index in [0.29, 0.717) is 6.04 Å². The molecule has 0 aliphatic carbocycles. The summed E-state index contributed by atoms with van der Waals surface area (Å²) in [7, 11) is 1.65. The van der Waals surface area contributed by atoms with Crippen LogP contribution in [0.15, 0.2) is 42.5 Å². The van der Waals surface area contributed by atoms with Crippen LogP contribution in [0.25, 0.3) is 0 Å².